The first-order valence-corrected chi connectivity index (χ1v) is 6.94. The van der Waals surface area contributed by atoms with Gasteiger partial charge in [-0.25, -0.2) is 0 Å². The van der Waals surface area contributed by atoms with Crippen LogP contribution >= 0.6 is 12.2 Å². The molecule has 0 radical (unpaired) electrons. The molecule has 1 aliphatic rings. The normalized spacial score (nSPS) is 18.7. The molecular weight excluding hydrogens is 232 g/mol. The van der Waals surface area contributed by atoms with Crippen molar-refractivity contribution in [1.29, 1.82) is 0 Å². The number of carbonyl (C=O) groups excluding carboxylic acids is 1. The van der Waals surface area contributed by atoms with Gasteiger partial charge in [0.2, 0.25) is 5.91 Å². The van der Waals surface area contributed by atoms with E-state index in [2.05, 4.69) is 0 Å². The molecule has 1 saturated carbocycles. The van der Waals surface area contributed by atoms with E-state index in [0.717, 1.165) is 0 Å². The first-order chi connectivity index (χ1) is 8.00. The lowest BCUT2D eigenvalue weighted by Gasteiger charge is -2.25. The summed E-state index contributed by atoms with van der Waals surface area (Å²) in [7, 11) is 1.85. The Hall–Kier alpha value is -0.640. The minimum absolute atomic E-state index is 0.102. The highest BCUT2D eigenvalue weighted by atomic mass is 32.1. The Bertz CT molecular complexity index is 275. The van der Waals surface area contributed by atoms with Gasteiger partial charge in [0.15, 0.2) is 0 Å². The summed E-state index contributed by atoms with van der Waals surface area (Å²) in [4.78, 5) is 14.3. The van der Waals surface area contributed by atoms with E-state index < -0.39 is 0 Å². The minimum atomic E-state index is 0.102. The van der Waals surface area contributed by atoms with Crippen molar-refractivity contribution in [2.45, 2.75) is 45.4 Å². The van der Waals surface area contributed by atoms with Crippen LogP contribution in [0.3, 0.4) is 0 Å². The van der Waals surface area contributed by atoms with Gasteiger partial charge in [-0.3, -0.25) is 4.79 Å². The van der Waals surface area contributed by atoms with E-state index in [4.69, 9.17) is 18.0 Å². The number of carbonyl (C=O) groups is 1. The zero-order valence-corrected chi connectivity index (χ0v) is 11.8. The highest BCUT2D eigenvalue weighted by Gasteiger charge is 2.20. The molecule has 0 saturated heterocycles. The Labute approximate surface area is 110 Å². The molecule has 0 bridgehead atoms. The number of nitrogens with zero attached hydrogens (tertiary/aromatic N) is 1. The van der Waals surface area contributed by atoms with Crippen LogP contribution in [0.25, 0.3) is 0 Å². The van der Waals surface area contributed by atoms with Gasteiger partial charge in [0.25, 0.3) is 0 Å². The van der Waals surface area contributed by atoms with Crippen molar-refractivity contribution in [3.63, 3.8) is 0 Å². The van der Waals surface area contributed by atoms with Crippen LogP contribution in [-0.4, -0.2) is 29.4 Å². The van der Waals surface area contributed by atoms with Gasteiger partial charge in [-0.1, -0.05) is 38.4 Å². The molecule has 0 spiro atoms. The second-order valence-corrected chi connectivity index (χ2v) is 5.76. The molecule has 3 nitrogen and oxygen atoms in total. The van der Waals surface area contributed by atoms with Crippen LogP contribution in [0.1, 0.15) is 45.4 Å². The van der Waals surface area contributed by atoms with Crippen LogP contribution in [0.5, 0.6) is 0 Å². The fourth-order valence-corrected chi connectivity index (χ4v) is 2.47. The predicted molar refractivity (Wildman–Crippen MR) is 74.8 cm³/mol. The Morgan fingerprint density at radius 2 is 2.00 bits per heavy atom. The number of hydrogen-bond donors (Lipinski definition) is 1. The maximum absolute atomic E-state index is 12.0. The van der Waals surface area contributed by atoms with Crippen molar-refractivity contribution in [3.05, 3.63) is 0 Å². The van der Waals surface area contributed by atoms with E-state index in [1.54, 1.807) is 4.90 Å². The molecule has 1 rings (SSSR count). The van der Waals surface area contributed by atoms with Gasteiger partial charge in [0, 0.05) is 25.9 Å². The summed E-state index contributed by atoms with van der Waals surface area (Å²) in [5, 5.41) is 0. The zero-order valence-electron chi connectivity index (χ0n) is 10.9. The molecule has 1 fully saturated rings. The van der Waals surface area contributed by atoms with Crippen molar-refractivity contribution in [2.75, 3.05) is 13.6 Å². The number of thiocarbonyl (C=S) groups is 1. The third kappa shape index (κ3) is 5.02. The minimum Gasteiger partial charge on any atom is -0.393 e. The summed E-state index contributed by atoms with van der Waals surface area (Å²) in [5.74, 6) is 0.934. The molecule has 0 aliphatic heterocycles. The average molecular weight is 256 g/mol. The standard InChI is InChI=1S/C13H24N2OS/c1-10(13(14)17)9-15(2)12(16)8-11-6-4-3-5-7-11/h10-11H,3-9H2,1-2H3,(H2,14,17). The SMILES string of the molecule is CC(CN(C)C(=O)CC1CCCCC1)C(N)=S. The Morgan fingerprint density at radius 3 is 2.53 bits per heavy atom. The monoisotopic (exact) mass is 256 g/mol. The fraction of sp³-hybridized carbons (Fsp3) is 0.846. The van der Waals surface area contributed by atoms with Crippen LogP contribution < -0.4 is 5.73 Å². The summed E-state index contributed by atoms with van der Waals surface area (Å²) in [6, 6.07) is 0. The van der Waals surface area contributed by atoms with Crippen molar-refractivity contribution < 1.29 is 4.79 Å². The van der Waals surface area contributed by atoms with E-state index in [1.807, 2.05) is 14.0 Å². The van der Waals surface area contributed by atoms with E-state index in [0.29, 0.717) is 23.9 Å². The molecule has 1 atom stereocenters. The van der Waals surface area contributed by atoms with Crippen LogP contribution in [0.15, 0.2) is 0 Å². The smallest absolute Gasteiger partial charge is 0.222 e. The van der Waals surface area contributed by atoms with Crippen LogP contribution in [-0.2, 0) is 4.79 Å². The van der Waals surface area contributed by atoms with E-state index >= 15 is 0 Å². The van der Waals surface area contributed by atoms with Crippen molar-refractivity contribution in [1.82, 2.24) is 4.90 Å². The topological polar surface area (TPSA) is 46.3 Å². The van der Waals surface area contributed by atoms with Crippen LogP contribution in [0.4, 0.5) is 0 Å². The largest absolute Gasteiger partial charge is 0.393 e. The third-order valence-corrected chi connectivity index (χ3v) is 4.05. The molecular formula is C13H24N2OS. The Morgan fingerprint density at radius 1 is 1.41 bits per heavy atom. The Balaban J connectivity index is 2.33. The summed E-state index contributed by atoms with van der Waals surface area (Å²) >= 11 is 4.92. The van der Waals surface area contributed by atoms with Gasteiger partial charge in [0.05, 0.1) is 4.99 Å². The second kappa shape index (κ2) is 6.94. The van der Waals surface area contributed by atoms with Crippen molar-refractivity contribution in [2.24, 2.45) is 17.6 Å². The lowest BCUT2D eigenvalue weighted by molar-refractivity contribution is -0.131. The first-order valence-electron chi connectivity index (χ1n) is 6.54. The molecule has 1 unspecified atom stereocenters. The van der Waals surface area contributed by atoms with Gasteiger partial charge in [-0.15, -0.1) is 0 Å². The van der Waals surface area contributed by atoms with Gasteiger partial charge in [0.1, 0.15) is 0 Å². The Kier molecular flexibility index (Phi) is 5.89. The van der Waals surface area contributed by atoms with Crippen LogP contribution in [0.2, 0.25) is 0 Å². The molecule has 1 aliphatic carbocycles. The predicted octanol–water partition coefficient (Wildman–Crippen LogP) is 2.34. The number of hydrogen-bond acceptors (Lipinski definition) is 2. The molecule has 1 amide bonds. The lowest BCUT2D eigenvalue weighted by Crippen LogP contribution is -2.36. The van der Waals surface area contributed by atoms with Gasteiger partial charge < -0.3 is 10.6 Å². The van der Waals surface area contributed by atoms with E-state index in [-0.39, 0.29) is 11.8 Å². The summed E-state index contributed by atoms with van der Waals surface area (Å²) in [6.45, 7) is 2.60. The molecule has 0 aromatic rings. The lowest BCUT2D eigenvalue weighted by atomic mass is 9.86. The first kappa shape index (κ1) is 14.4. The molecule has 98 valence electrons. The summed E-state index contributed by atoms with van der Waals surface area (Å²) < 4.78 is 0. The van der Waals surface area contributed by atoms with Gasteiger partial charge in [-0.2, -0.15) is 0 Å². The number of rotatable bonds is 5. The quantitative estimate of drug-likeness (QED) is 0.768. The van der Waals surface area contributed by atoms with E-state index in [1.165, 1.54) is 32.1 Å². The highest BCUT2D eigenvalue weighted by Crippen LogP contribution is 2.26. The maximum atomic E-state index is 12.0. The fourth-order valence-electron chi connectivity index (χ4n) is 2.40. The number of nitrogens with two attached hydrogens (primary N) is 1. The van der Waals surface area contributed by atoms with Crippen LogP contribution in [0, 0.1) is 11.8 Å². The molecule has 0 aromatic carbocycles. The number of amides is 1. The summed E-state index contributed by atoms with van der Waals surface area (Å²) in [6.07, 6.45) is 7.02. The average Bonchev–Trinajstić information content (AvgIpc) is 2.29. The zero-order chi connectivity index (χ0) is 12.8. The molecule has 4 heteroatoms. The second-order valence-electron chi connectivity index (χ2n) is 5.29. The van der Waals surface area contributed by atoms with Gasteiger partial charge in [-0.05, 0) is 18.8 Å². The van der Waals surface area contributed by atoms with Crippen molar-refractivity contribution >= 4 is 23.1 Å². The van der Waals surface area contributed by atoms with Gasteiger partial charge >= 0.3 is 0 Å². The summed E-state index contributed by atoms with van der Waals surface area (Å²) in [5.41, 5.74) is 5.56. The molecule has 17 heavy (non-hydrogen) atoms. The maximum Gasteiger partial charge on any atom is 0.222 e. The third-order valence-electron chi connectivity index (χ3n) is 3.65. The molecule has 0 heterocycles. The van der Waals surface area contributed by atoms with Crippen molar-refractivity contribution in [3.8, 4) is 0 Å². The molecule has 2 N–H and O–H groups in total. The molecule has 0 aromatic heterocycles. The van der Waals surface area contributed by atoms with E-state index in [9.17, 15) is 4.79 Å². The highest BCUT2D eigenvalue weighted by molar-refractivity contribution is 7.80.